The van der Waals surface area contributed by atoms with Gasteiger partial charge >= 0.3 is 0 Å². The van der Waals surface area contributed by atoms with Crippen molar-refractivity contribution in [1.82, 2.24) is 10.1 Å². The molecule has 0 fully saturated rings. The first kappa shape index (κ1) is 11.0. The van der Waals surface area contributed by atoms with Crippen molar-refractivity contribution >= 4 is 11.0 Å². The SMILES string of the molecule is CC(CN)c1nc(-c2coc3ccccc23)no1. The van der Waals surface area contributed by atoms with Crippen molar-refractivity contribution in [2.75, 3.05) is 6.54 Å². The van der Waals surface area contributed by atoms with Crippen molar-refractivity contribution in [3.63, 3.8) is 0 Å². The van der Waals surface area contributed by atoms with Crippen molar-refractivity contribution in [3.8, 4) is 11.4 Å². The van der Waals surface area contributed by atoms with Crippen LogP contribution in [0, 0.1) is 0 Å². The van der Waals surface area contributed by atoms with Crippen molar-refractivity contribution in [2.45, 2.75) is 12.8 Å². The van der Waals surface area contributed by atoms with Crippen LogP contribution in [0.1, 0.15) is 18.7 Å². The van der Waals surface area contributed by atoms with E-state index >= 15 is 0 Å². The smallest absolute Gasteiger partial charge is 0.231 e. The molecule has 5 nitrogen and oxygen atoms in total. The van der Waals surface area contributed by atoms with Crippen LogP contribution >= 0.6 is 0 Å². The summed E-state index contributed by atoms with van der Waals surface area (Å²) in [6, 6.07) is 7.75. The number of benzene rings is 1. The quantitative estimate of drug-likeness (QED) is 0.764. The van der Waals surface area contributed by atoms with Gasteiger partial charge in [0.2, 0.25) is 11.7 Å². The monoisotopic (exact) mass is 243 g/mol. The van der Waals surface area contributed by atoms with Gasteiger partial charge in [-0.2, -0.15) is 4.98 Å². The fourth-order valence-corrected chi connectivity index (χ4v) is 1.80. The van der Waals surface area contributed by atoms with E-state index in [1.54, 1.807) is 6.26 Å². The third kappa shape index (κ3) is 1.69. The second kappa shape index (κ2) is 4.27. The Balaban J connectivity index is 2.07. The van der Waals surface area contributed by atoms with Gasteiger partial charge in [0.05, 0.1) is 5.56 Å². The Bertz CT molecular complexity index is 671. The summed E-state index contributed by atoms with van der Waals surface area (Å²) >= 11 is 0. The molecule has 1 atom stereocenters. The molecule has 3 aromatic rings. The minimum absolute atomic E-state index is 0.0596. The van der Waals surface area contributed by atoms with Crippen LogP contribution in [0.15, 0.2) is 39.5 Å². The van der Waals surface area contributed by atoms with Crippen LogP contribution in [-0.4, -0.2) is 16.7 Å². The predicted molar refractivity (Wildman–Crippen MR) is 67.0 cm³/mol. The summed E-state index contributed by atoms with van der Waals surface area (Å²) in [6.45, 7) is 2.43. The molecule has 0 saturated carbocycles. The molecule has 0 aliphatic carbocycles. The van der Waals surface area contributed by atoms with E-state index in [-0.39, 0.29) is 5.92 Å². The van der Waals surface area contributed by atoms with E-state index in [9.17, 15) is 0 Å². The van der Waals surface area contributed by atoms with Gasteiger partial charge in [0.25, 0.3) is 0 Å². The Morgan fingerprint density at radius 2 is 2.17 bits per heavy atom. The van der Waals surface area contributed by atoms with Crippen LogP contribution in [0.3, 0.4) is 0 Å². The Labute approximate surface area is 104 Å². The third-order valence-electron chi connectivity index (χ3n) is 2.94. The average Bonchev–Trinajstić information content (AvgIpc) is 3.03. The second-order valence-corrected chi connectivity index (χ2v) is 4.24. The predicted octanol–water partition coefficient (Wildman–Crippen LogP) is 2.55. The highest BCUT2D eigenvalue weighted by molar-refractivity contribution is 5.91. The van der Waals surface area contributed by atoms with E-state index in [2.05, 4.69) is 10.1 Å². The van der Waals surface area contributed by atoms with E-state index in [0.717, 1.165) is 16.5 Å². The summed E-state index contributed by atoms with van der Waals surface area (Å²) in [6.07, 6.45) is 1.65. The standard InChI is InChI=1S/C13H13N3O2/c1-8(6-14)13-15-12(16-18-13)10-7-17-11-5-3-2-4-9(10)11/h2-5,7-8H,6,14H2,1H3. The molecule has 92 valence electrons. The van der Waals surface area contributed by atoms with E-state index < -0.39 is 0 Å². The van der Waals surface area contributed by atoms with E-state index in [4.69, 9.17) is 14.7 Å². The molecule has 2 aromatic heterocycles. The summed E-state index contributed by atoms with van der Waals surface area (Å²) in [5.74, 6) is 1.15. The van der Waals surface area contributed by atoms with E-state index in [0.29, 0.717) is 18.3 Å². The van der Waals surface area contributed by atoms with Gasteiger partial charge in [-0.25, -0.2) is 0 Å². The average molecular weight is 243 g/mol. The molecular weight excluding hydrogens is 230 g/mol. The number of rotatable bonds is 3. The zero-order valence-corrected chi connectivity index (χ0v) is 9.96. The lowest BCUT2D eigenvalue weighted by molar-refractivity contribution is 0.361. The lowest BCUT2D eigenvalue weighted by atomic mass is 10.1. The van der Waals surface area contributed by atoms with E-state index in [1.807, 2.05) is 31.2 Å². The second-order valence-electron chi connectivity index (χ2n) is 4.24. The van der Waals surface area contributed by atoms with Crippen molar-refractivity contribution in [3.05, 3.63) is 36.4 Å². The number of nitrogens with two attached hydrogens (primary N) is 1. The summed E-state index contributed by atoms with van der Waals surface area (Å²) in [7, 11) is 0. The molecule has 5 heteroatoms. The number of hydrogen-bond acceptors (Lipinski definition) is 5. The lowest BCUT2D eigenvalue weighted by Crippen LogP contribution is -2.08. The van der Waals surface area contributed by atoms with Gasteiger partial charge in [-0.1, -0.05) is 30.3 Å². The Morgan fingerprint density at radius 1 is 1.33 bits per heavy atom. The van der Waals surface area contributed by atoms with Gasteiger partial charge in [-0.3, -0.25) is 0 Å². The van der Waals surface area contributed by atoms with Crippen LogP contribution in [0.4, 0.5) is 0 Å². The summed E-state index contributed by atoms with van der Waals surface area (Å²) in [5.41, 5.74) is 7.22. The molecular formula is C13H13N3O2. The van der Waals surface area contributed by atoms with Crippen molar-refractivity contribution in [1.29, 1.82) is 0 Å². The van der Waals surface area contributed by atoms with Crippen LogP contribution in [0.25, 0.3) is 22.4 Å². The zero-order valence-electron chi connectivity index (χ0n) is 9.96. The maximum atomic E-state index is 5.58. The molecule has 0 radical (unpaired) electrons. The van der Waals surface area contributed by atoms with Gasteiger partial charge in [-0.05, 0) is 6.07 Å². The Kier molecular flexibility index (Phi) is 2.60. The third-order valence-corrected chi connectivity index (χ3v) is 2.94. The minimum Gasteiger partial charge on any atom is -0.464 e. The highest BCUT2D eigenvalue weighted by Gasteiger charge is 2.16. The fourth-order valence-electron chi connectivity index (χ4n) is 1.80. The summed E-state index contributed by atoms with van der Waals surface area (Å²) in [4.78, 5) is 4.36. The molecule has 18 heavy (non-hydrogen) atoms. The summed E-state index contributed by atoms with van der Waals surface area (Å²) < 4.78 is 10.7. The van der Waals surface area contributed by atoms with Crippen molar-refractivity contribution in [2.24, 2.45) is 5.73 Å². The molecule has 3 rings (SSSR count). The first-order valence-corrected chi connectivity index (χ1v) is 5.80. The summed E-state index contributed by atoms with van der Waals surface area (Å²) in [5, 5.41) is 4.95. The highest BCUT2D eigenvalue weighted by Crippen LogP contribution is 2.29. The zero-order chi connectivity index (χ0) is 12.5. The molecule has 0 spiro atoms. The molecule has 0 aliphatic rings. The number of fused-ring (bicyclic) bond motifs is 1. The van der Waals surface area contributed by atoms with Gasteiger partial charge in [0.15, 0.2) is 0 Å². The van der Waals surface area contributed by atoms with Crippen LogP contribution in [0.2, 0.25) is 0 Å². The largest absolute Gasteiger partial charge is 0.464 e. The molecule has 0 aliphatic heterocycles. The van der Waals surface area contributed by atoms with Crippen LogP contribution < -0.4 is 5.73 Å². The van der Waals surface area contributed by atoms with Crippen LogP contribution in [0.5, 0.6) is 0 Å². The van der Waals surface area contributed by atoms with Crippen LogP contribution in [-0.2, 0) is 0 Å². The molecule has 1 aromatic carbocycles. The number of nitrogens with zero attached hydrogens (tertiary/aromatic N) is 2. The first-order chi connectivity index (χ1) is 8.79. The number of hydrogen-bond donors (Lipinski definition) is 1. The maximum absolute atomic E-state index is 5.58. The minimum atomic E-state index is 0.0596. The lowest BCUT2D eigenvalue weighted by Gasteiger charge is -1.98. The number of furan rings is 1. The van der Waals surface area contributed by atoms with Crippen molar-refractivity contribution < 1.29 is 8.94 Å². The fraction of sp³-hybridized carbons (Fsp3) is 0.231. The molecule has 0 saturated heterocycles. The normalized spacial score (nSPS) is 13.0. The Hall–Kier alpha value is -2.14. The molecule has 0 amide bonds. The van der Waals surface area contributed by atoms with E-state index in [1.165, 1.54) is 0 Å². The van der Waals surface area contributed by atoms with Gasteiger partial charge in [0.1, 0.15) is 11.8 Å². The first-order valence-electron chi connectivity index (χ1n) is 5.80. The number of para-hydroxylation sites is 1. The molecule has 0 bridgehead atoms. The maximum Gasteiger partial charge on any atom is 0.231 e. The Morgan fingerprint density at radius 3 is 3.00 bits per heavy atom. The van der Waals surface area contributed by atoms with Gasteiger partial charge < -0.3 is 14.7 Å². The van der Waals surface area contributed by atoms with Gasteiger partial charge in [0, 0.05) is 17.8 Å². The van der Waals surface area contributed by atoms with Gasteiger partial charge in [-0.15, -0.1) is 0 Å². The molecule has 1 unspecified atom stereocenters. The highest BCUT2D eigenvalue weighted by atomic mass is 16.5. The molecule has 2 heterocycles. The topological polar surface area (TPSA) is 78.1 Å². The number of aromatic nitrogens is 2. The molecule has 2 N–H and O–H groups in total.